The number of thiazole rings is 1. The molecule has 4 nitrogen and oxygen atoms in total. The predicted octanol–water partition coefficient (Wildman–Crippen LogP) is 4.11. The fraction of sp³-hybridized carbons (Fsp3) is 0.312. The molecular formula is C16H13F2N3OS. The number of carbonyl (C=O) groups is 1. The van der Waals surface area contributed by atoms with Gasteiger partial charge in [-0.05, 0) is 31.0 Å². The molecule has 0 bridgehead atoms. The largest absolute Gasteiger partial charge is 0.301 e. The molecule has 1 amide bonds. The van der Waals surface area contributed by atoms with Crippen LogP contribution < -0.4 is 5.32 Å². The lowest BCUT2D eigenvalue weighted by Gasteiger charge is -2.17. The van der Waals surface area contributed by atoms with Crippen LogP contribution in [0, 0.1) is 28.4 Å². The third kappa shape index (κ3) is 2.94. The molecule has 1 saturated carbocycles. The number of nitrogens with one attached hydrogen (secondary N) is 1. The number of nitrogens with zero attached hydrogens (tertiary/aromatic N) is 2. The number of benzene rings is 1. The van der Waals surface area contributed by atoms with Gasteiger partial charge in [0.2, 0.25) is 5.91 Å². The number of nitriles is 1. The van der Waals surface area contributed by atoms with Crippen LogP contribution in [0.1, 0.15) is 25.7 Å². The van der Waals surface area contributed by atoms with Gasteiger partial charge >= 0.3 is 0 Å². The monoisotopic (exact) mass is 333 g/mol. The van der Waals surface area contributed by atoms with Crippen LogP contribution in [0.25, 0.3) is 11.3 Å². The fourth-order valence-corrected chi connectivity index (χ4v) is 3.44. The van der Waals surface area contributed by atoms with Gasteiger partial charge in [-0.3, -0.25) is 4.79 Å². The molecule has 0 aliphatic heterocycles. The Morgan fingerprint density at radius 3 is 2.78 bits per heavy atom. The van der Waals surface area contributed by atoms with E-state index in [2.05, 4.69) is 16.4 Å². The normalized spacial score (nSPS) is 16.0. The summed E-state index contributed by atoms with van der Waals surface area (Å²) < 4.78 is 27.0. The smallest absolute Gasteiger partial charge is 0.246 e. The zero-order valence-corrected chi connectivity index (χ0v) is 12.9. The van der Waals surface area contributed by atoms with Crippen LogP contribution in [-0.2, 0) is 4.79 Å². The van der Waals surface area contributed by atoms with Crippen molar-refractivity contribution in [2.24, 2.45) is 5.41 Å². The van der Waals surface area contributed by atoms with Crippen molar-refractivity contribution in [1.29, 1.82) is 5.26 Å². The van der Waals surface area contributed by atoms with Crippen molar-refractivity contribution < 1.29 is 13.6 Å². The van der Waals surface area contributed by atoms with E-state index in [0.29, 0.717) is 12.8 Å². The Morgan fingerprint density at radius 1 is 1.35 bits per heavy atom. The number of anilines is 1. The molecule has 0 saturated heterocycles. The van der Waals surface area contributed by atoms with E-state index in [1.54, 1.807) is 5.38 Å². The zero-order valence-electron chi connectivity index (χ0n) is 12.1. The zero-order chi connectivity index (χ0) is 16.4. The molecule has 23 heavy (non-hydrogen) atoms. The van der Waals surface area contributed by atoms with E-state index in [1.807, 2.05) is 0 Å². The van der Waals surface area contributed by atoms with Gasteiger partial charge in [0.25, 0.3) is 0 Å². The number of rotatable bonds is 3. The van der Waals surface area contributed by atoms with Crippen molar-refractivity contribution in [1.82, 2.24) is 4.98 Å². The second-order valence-corrected chi connectivity index (χ2v) is 6.38. The van der Waals surface area contributed by atoms with E-state index in [-0.39, 0.29) is 22.3 Å². The minimum absolute atomic E-state index is 0.0395. The van der Waals surface area contributed by atoms with Crippen molar-refractivity contribution in [3.8, 4) is 17.3 Å². The molecule has 7 heteroatoms. The van der Waals surface area contributed by atoms with Gasteiger partial charge in [0.1, 0.15) is 17.0 Å². The summed E-state index contributed by atoms with van der Waals surface area (Å²) in [6.45, 7) is 0. The molecular weight excluding hydrogens is 320 g/mol. The number of amides is 1. The van der Waals surface area contributed by atoms with Crippen molar-refractivity contribution in [3.05, 3.63) is 35.2 Å². The number of halogens is 2. The third-order valence-electron chi connectivity index (χ3n) is 4.03. The number of hydrogen-bond acceptors (Lipinski definition) is 4. The van der Waals surface area contributed by atoms with Crippen LogP contribution in [-0.4, -0.2) is 10.9 Å². The molecule has 1 aliphatic carbocycles. The maximum Gasteiger partial charge on any atom is 0.246 e. The first-order valence-electron chi connectivity index (χ1n) is 7.18. The van der Waals surface area contributed by atoms with Crippen molar-refractivity contribution in [2.75, 3.05) is 5.32 Å². The van der Waals surface area contributed by atoms with Crippen molar-refractivity contribution >= 4 is 22.4 Å². The van der Waals surface area contributed by atoms with Crippen LogP contribution in [0.2, 0.25) is 0 Å². The number of carbonyl (C=O) groups excluding carboxylic acids is 1. The number of hydrogen-bond donors (Lipinski definition) is 1. The van der Waals surface area contributed by atoms with Crippen LogP contribution in [0.4, 0.5) is 13.9 Å². The van der Waals surface area contributed by atoms with E-state index in [1.165, 1.54) is 0 Å². The lowest BCUT2D eigenvalue weighted by molar-refractivity contribution is -0.122. The molecule has 1 aromatic carbocycles. The van der Waals surface area contributed by atoms with Gasteiger partial charge in [-0.1, -0.05) is 12.8 Å². The van der Waals surface area contributed by atoms with E-state index in [4.69, 9.17) is 0 Å². The minimum Gasteiger partial charge on any atom is -0.301 e. The van der Waals surface area contributed by atoms with Crippen LogP contribution >= 0.6 is 11.3 Å². The first kappa shape index (κ1) is 15.6. The molecule has 1 aliphatic rings. The van der Waals surface area contributed by atoms with E-state index in [9.17, 15) is 18.8 Å². The van der Waals surface area contributed by atoms with Gasteiger partial charge < -0.3 is 5.32 Å². The Balaban J connectivity index is 1.81. The van der Waals surface area contributed by atoms with Crippen LogP contribution in [0.15, 0.2) is 23.6 Å². The molecule has 1 heterocycles. The topological polar surface area (TPSA) is 65.8 Å². The molecule has 2 aromatic rings. The SMILES string of the molecule is N#CC1(C(=O)Nc2nc(-c3cc(F)ccc3F)cs2)CCCC1. The highest BCUT2D eigenvalue weighted by atomic mass is 32.1. The second kappa shape index (κ2) is 6.05. The van der Waals surface area contributed by atoms with Crippen molar-refractivity contribution in [2.45, 2.75) is 25.7 Å². The highest BCUT2D eigenvalue weighted by Crippen LogP contribution is 2.39. The van der Waals surface area contributed by atoms with Crippen molar-refractivity contribution in [3.63, 3.8) is 0 Å². The molecule has 0 spiro atoms. The first-order chi connectivity index (χ1) is 11.0. The first-order valence-corrected chi connectivity index (χ1v) is 8.06. The molecule has 1 N–H and O–H groups in total. The van der Waals surface area contributed by atoms with Gasteiger partial charge in [0, 0.05) is 10.9 Å². The Morgan fingerprint density at radius 2 is 2.09 bits per heavy atom. The highest BCUT2D eigenvalue weighted by molar-refractivity contribution is 7.14. The molecule has 0 unspecified atom stereocenters. The van der Waals surface area contributed by atoms with E-state index in [0.717, 1.165) is 42.4 Å². The summed E-state index contributed by atoms with van der Waals surface area (Å²) in [5, 5.41) is 13.7. The fourth-order valence-electron chi connectivity index (χ4n) is 2.73. The molecule has 118 valence electrons. The summed E-state index contributed by atoms with van der Waals surface area (Å²) >= 11 is 1.11. The lowest BCUT2D eigenvalue weighted by atomic mass is 9.87. The minimum atomic E-state index is -1.00. The maximum absolute atomic E-state index is 13.8. The quantitative estimate of drug-likeness (QED) is 0.919. The molecule has 1 fully saturated rings. The standard InChI is InChI=1S/C16H13F2N3OS/c17-10-3-4-12(18)11(7-10)13-8-23-15(20-13)21-14(22)16(9-19)5-1-2-6-16/h3-4,7-8H,1-2,5-6H2,(H,20,21,22). The Labute approximate surface area is 135 Å². The average Bonchev–Trinajstić information content (AvgIpc) is 3.19. The van der Waals surface area contributed by atoms with Gasteiger partial charge in [-0.15, -0.1) is 11.3 Å². The summed E-state index contributed by atoms with van der Waals surface area (Å²) in [6, 6.07) is 5.23. The summed E-state index contributed by atoms with van der Waals surface area (Å²) in [5.41, 5.74) is -0.715. The maximum atomic E-state index is 13.8. The summed E-state index contributed by atoms with van der Waals surface area (Å²) in [7, 11) is 0. The summed E-state index contributed by atoms with van der Waals surface area (Å²) in [6.07, 6.45) is 2.76. The Bertz CT molecular complexity index is 791. The van der Waals surface area contributed by atoms with Gasteiger partial charge in [-0.25, -0.2) is 13.8 Å². The van der Waals surface area contributed by atoms with E-state index >= 15 is 0 Å². The van der Waals surface area contributed by atoms with Gasteiger partial charge in [-0.2, -0.15) is 5.26 Å². The highest BCUT2D eigenvalue weighted by Gasteiger charge is 2.41. The average molecular weight is 333 g/mol. The molecule has 0 radical (unpaired) electrons. The van der Waals surface area contributed by atoms with Crippen LogP contribution in [0.3, 0.4) is 0 Å². The molecule has 3 rings (SSSR count). The van der Waals surface area contributed by atoms with Gasteiger partial charge in [0.15, 0.2) is 5.13 Å². The molecule has 0 atom stereocenters. The molecule has 1 aromatic heterocycles. The van der Waals surface area contributed by atoms with E-state index < -0.39 is 17.0 Å². The van der Waals surface area contributed by atoms with Crippen LogP contribution in [0.5, 0.6) is 0 Å². The predicted molar refractivity (Wildman–Crippen MR) is 82.6 cm³/mol. The summed E-state index contributed by atoms with van der Waals surface area (Å²) in [5.74, 6) is -1.52. The Kier molecular flexibility index (Phi) is 4.09. The second-order valence-electron chi connectivity index (χ2n) is 5.52. The lowest BCUT2D eigenvalue weighted by Crippen LogP contribution is -2.32. The number of aromatic nitrogens is 1. The Hall–Kier alpha value is -2.33. The summed E-state index contributed by atoms with van der Waals surface area (Å²) in [4.78, 5) is 16.5. The van der Waals surface area contributed by atoms with Gasteiger partial charge in [0.05, 0.1) is 11.8 Å². The third-order valence-corrected chi connectivity index (χ3v) is 4.79.